The van der Waals surface area contributed by atoms with E-state index in [9.17, 15) is 9.59 Å². The second kappa shape index (κ2) is 10.8. The van der Waals surface area contributed by atoms with Crippen molar-refractivity contribution in [2.75, 3.05) is 6.61 Å². The van der Waals surface area contributed by atoms with Gasteiger partial charge in [0.05, 0.1) is 34.6 Å². The number of esters is 1. The van der Waals surface area contributed by atoms with Crippen molar-refractivity contribution >= 4 is 44.9 Å². The van der Waals surface area contributed by atoms with Gasteiger partial charge in [-0.3, -0.25) is 9.36 Å². The molecule has 6 rings (SSSR count). The van der Waals surface area contributed by atoms with Crippen LogP contribution in [0.2, 0.25) is 0 Å². The number of carbonyl (C=O) groups excluding carboxylic acids is 1. The molecule has 0 spiro atoms. The highest BCUT2D eigenvalue weighted by Gasteiger charge is 2.33. The molecule has 7 heteroatoms. The third-order valence-electron chi connectivity index (χ3n) is 7.18. The Morgan fingerprint density at radius 1 is 1.00 bits per heavy atom. The molecule has 0 saturated heterocycles. The maximum atomic E-state index is 14.2. The van der Waals surface area contributed by atoms with E-state index in [1.807, 2.05) is 75.4 Å². The smallest absolute Gasteiger partial charge is 0.338 e. The Morgan fingerprint density at radius 2 is 1.63 bits per heavy atom. The van der Waals surface area contributed by atoms with Crippen LogP contribution in [0.1, 0.15) is 44.9 Å². The van der Waals surface area contributed by atoms with Crippen molar-refractivity contribution in [3.05, 3.63) is 121 Å². The minimum Gasteiger partial charge on any atom is -0.494 e. The summed E-state index contributed by atoms with van der Waals surface area (Å²) < 4.78 is 13.4. The monoisotopic (exact) mass is 562 g/mol. The van der Waals surface area contributed by atoms with E-state index >= 15 is 0 Å². The van der Waals surface area contributed by atoms with Gasteiger partial charge in [0.1, 0.15) is 5.75 Å². The molecule has 6 nitrogen and oxygen atoms in total. The lowest BCUT2D eigenvalue weighted by atomic mass is 9.95. The number of hydrogen-bond acceptors (Lipinski definition) is 6. The number of aromatic nitrogens is 1. The molecule has 0 radical (unpaired) electrons. The Morgan fingerprint density at radius 3 is 2.24 bits per heavy atom. The van der Waals surface area contributed by atoms with Crippen molar-refractivity contribution in [3.8, 4) is 5.75 Å². The lowest BCUT2D eigenvalue weighted by Crippen LogP contribution is -2.40. The van der Waals surface area contributed by atoms with Crippen molar-refractivity contribution in [1.29, 1.82) is 0 Å². The minimum absolute atomic E-state index is 0.202. The summed E-state index contributed by atoms with van der Waals surface area (Å²) in [5.41, 5.74) is 2.46. The van der Waals surface area contributed by atoms with Crippen LogP contribution in [-0.4, -0.2) is 23.2 Å². The minimum atomic E-state index is -0.681. The van der Waals surface area contributed by atoms with Gasteiger partial charge in [0.15, 0.2) is 4.80 Å². The normalized spacial score (nSPS) is 15.3. The van der Waals surface area contributed by atoms with Gasteiger partial charge in [-0.15, -0.1) is 0 Å². The highest BCUT2D eigenvalue weighted by atomic mass is 32.1. The number of benzene rings is 4. The number of hydrogen-bond donors (Lipinski definition) is 0. The lowest BCUT2D eigenvalue weighted by Gasteiger charge is -2.25. The van der Waals surface area contributed by atoms with Gasteiger partial charge in [-0.1, -0.05) is 72.0 Å². The Kier molecular flexibility index (Phi) is 7.05. The topological polar surface area (TPSA) is 69.9 Å². The third-order valence-corrected chi connectivity index (χ3v) is 8.16. The summed E-state index contributed by atoms with van der Waals surface area (Å²) in [6.45, 7) is 7.89. The maximum absolute atomic E-state index is 14.2. The summed E-state index contributed by atoms with van der Waals surface area (Å²) in [5.74, 6) is 0.243. The highest BCUT2D eigenvalue weighted by Crippen LogP contribution is 2.32. The summed E-state index contributed by atoms with van der Waals surface area (Å²) in [4.78, 5) is 32.9. The van der Waals surface area contributed by atoms with E-state index < -0.39 is 12.0 Å². The lowest BCUT2D eigenvalue weighted by molar-refractivity contribution is -0.143. The van der Waals surface area contributed by atoms with Gasteiger partial charge < -0.3 is 9.47 Å². The summed E-state index contributed by atoms with van der Waals surface area (Å²) in [6.07, 6.45) is 1.66. The first-order chi connectivity index (χ1) is 19.9. The van der Waals surface area contributed by atoms with E-state index in [0.717, 1.165) is 38.4 Å². The Labute approximate surface area is 241 Å². The molecule has 0 aliphatic carbocycles. The van der Waals surface area contributed by atoms with Gasteiger partial charge in [0, 0.05) is 0 Å². The molecule has 1 aliphatic rings. The summed E-state index contributed by atoms with van der Waals surface area (Å²) in [6, 6.07) is 25.4. The van der Waals surface area contributed by atoms with Crippen molar-refractivity contribution in [2.24, 2.45) is 4.99 Å². The SMILES string of the molecule is CCOc1ccc([C@H]2C(C(=O)OC(C)C)=C(C)N=c3s/c(=C/c4c5ccccc5cc5ccccc45)c(=O)n32)cc1. The molecule has 5 aromatic rings. The Bertz CT molecular complexity index is 1960. The molecule has 1 aromatic heterocycles. The van der Waals surface area contributed by atoms with Crippen LogP contribution in [0.3, 0.4) is 0 Å². The number of rotatable bonds is 6. The van der Waals surface area contributed by atoms with Crippen molar-refractivity contribution < 1.29 is 14.3 Å². The first-order valence-electron chi connectivity index (χ1n) is 13.7. The number of fused-ring (bicyclic) bond motifs is 3. The van der Waals surface area contributed by atoms with Crippen LogP contribution in [0, 0.1) is 0 Å². The Balaban J connectivity index is 1.60. The van der Waals surface area contributed by atoms with Crippen LogP contribution in [0.25, 0.3) is 27.6 Å². The van der Waals surface area contributed by atoms with Crippen molar-refractivity contribution in [3.63, 3.8) is 0 Å². The van der Waals surface area contributed by atoms with E-state index in [0.29, 0.717) is 27.2 Å². The van der Waals surface area contributed by atoms with E-state index in [1.54, 1.807) is 11.5 Å². The molecule has 0 N–H and O–H groups in total. The van der Waals surface area contributed by atoms with Gasteiger partial charge in [-0.05, 0) is 84.6 Å². The van der Waals surface area contributed by atoms with Gasteiger partial charge >= 0.3 is 5.97 Å². The fourth-order valence-corrected chi connectivity index (χ4v) is 6.45. The third kappa shape index (κ3) is 4.87. The largest absolute Gasteiger partial charge is 0.494 e. The zero-order chi connectivity index (χ0) is 28.7. The quantitative estimate of drug-likeness (QED) is 0.191. The zero-order valence-corrected chi connectivity index (χ0v) is 24.2. The second-order valence-corrected chi connectivity index (χ2v) is 11.3. The van der Waals surface area contributed by atoms with Gasteiger partial charge in [-0.25, -0.2) is 9.79 Å². The molecule has 0 bridgehead atoms. The molecule has 4 aromatic carbocycles. The molecule has 206 valence electrons. The molecule has 0 amide bonds. The fraction of sp³-hybridized carbons (Fsp3) is 0.206. The molecule has 2 heterocycles. The van der Waals surface area contributed by atoms with Gasteiger partial charge in [-0.2, -0.15) is 0 Å². The van der Waals surface area contributed by atoms with Crippen molar-refractivity contribution in [1.82, 2.24) is 4.57 Å². The standard InChI is InChI=1S/C34H30N2O4S/c1-5-39-25-16-14-22(15-17-25)31-30(33(38)40-20(2)3)21(4)35-34-36(31)32(37)29(41-34)19-28-26-12-8-6-10-23(26)18-24-11-7-9-13-27(24)28/h6-20,31H,5H2,1-4H3/b29-19+/t31-/m0/s1. The number of thiazole rings is 1. The van der Waals surface area contributed by atoms with Crippen LogP contribution >= 0.6 is 11.3 Å². The fourth-order valence-electron chi connectivity index (χ4n) is 5.42. The maximum Gasteiger partial charge on any atom is 0.338 e. The molecular formula is C34H30N2O4S. The molecule has 0 saturated carbocycles. The van der Waals surface area contributed by atoms with E-state index in [1.165, 1.54) is 11.3 Å². The number of carbonyl (C=O) groups is 1. The predicted octanol–water partition coefficient (Wildman–Crippen LogP) is 5.89. The Hall–Kier alpha value is -4.49. The molecule has 41 heavy (non-hydrogen) atoms. The second-order valence-electron chi connectivity index (χ2n) is 10.3. The van der Waals surface area contributed by atoms with Gasteiger partial charge in [0.2, 0.25) is 0 Å². The molecule has 1 atom stereocenters. The van der Waals surface area contributed by atoms with Crippen LogP contribution in [0.4, 0.5) is 0 Å². The number of ether oxygens (including phenoxy) is 2. The summed E-state index contributed by atoms with van der Waals surface area (Å²) >= 11 is 1.33. The number of allylic oxidation sites excluding steroid dienone is 1. The van der Waals surface area contributed by atoms with Crippen LogP contribution < -0.4 is 19.6 Å². The molecule has 1 aliphatic heterocycles. The molecule has 0 fully saturated rings. The number of nitrogens with zero attached hydrogens (tertiary/aromatic N) is 2. The van der Waals surface area contributed by atoms with Crippen molar-refractivity contribution in [2.45, 2.75) is 39.8 Å². The van der Waals surface area contributed by atoms with E-state index in [2.05, 4.69) is 30.3 Å². The average molecular weight is 563 g/mol. The zero-order valence-electron chi connectivity index (χ0n) is 23.4. The predicted molar refractivity (Wildman–Crippen MR) is 164 cm³/mol. The van der Waals surface area contributed by atoms with Crippen LogP contribution in [0.15, 0.2) is 99.9 Å². The van der Waals surface area contributed by atoms with Crippen LogP contribution in [0.5, 0.6) is 5.75 Å². The first kappa shape index (κ1) is 26.7. The molecular weight excluding hydrogens is 532 g/mol. The van der Waals surface area contributed by atoms with E-state index in [4.69, 9.17) is 14.5 Å². The molecule has 0 unspecified atom stereocenters. The van der Waals surface area contributed by atoms with E-state index in [-0.39, 0.29) is 11.7 Å². The van der Waals surface area contributed by atoms with Gasteiger partial charge in [0.25, 0.3) is 5.56 Å². The summed E-state index contributed by atoms with van der Waals surface area (Å²) in [5, 5.41) is 4.34. The average Bonchev–Trinajstić information content (AvgIpc) is 3.26. The first-order valence-corrected chi connectivity index (χ1v) is 14.5. The highest BCUT2D eigenvalue weighted by molar-refractivity contribution is 7.07. The summed E-state index contributed by atoms with van der Waals surface area (Å²) in [7, 11) is 0. The van der Waals surface area contributed by atoms with Crippen LogP contribution in [-0.2, 0) is 9.53 Å².